The van der Waals surface area contributed by atoms with Gasteiger partial charge >= 0.3 is 19.3 Å². The maximum absolute atomic E-state index is 13.7. The van der Waals surface area contributed by atoms with E-state index in [1.54, 1.807) is 6.92 Å². The molecule has 0 aliphatic carbocycles. The standard InChI is InChI=1S/C19H24BF3N4O5/c1-6-29-16(28)10-27-25-15(24-26-27)11-30-14-8-7-12(9-13(14)19(21,22)23)20-31-17(2,3)18(4,5)32-20/h7-9H,6,10-11H2,1-5H3. The van der Waals surface area contributed by atoms with E-state index in [0.717, 1.165) is 10.9 Å². The molecule has 0 N–H and O–H groups in total. The summed E-state index contributed by atoms with van der Waals surface area (Å²) in [5, 5.41) is 11.2. The second-order valence-corrected chi connectivity index (χ2v) is 8.17. The Morgan fingerprint density at radius 2 is 1.84 bits per heavy atom. The third kappa shape index (κ3) is 5.21. The van der Waals surface area contributed by atoms with E-state index in [4.69, 9.17) is 18.8 Å². The van der Waals surface area contributed by atoms with Crippen LogP contribution in [0.15, 0.2) is 18.2 Å². The van der Waals surface area contributed by atoms with E-state index in [2.05, 4.69) is 15.4 Å². The topological polar surface area (TPSA) is 97.6 Å². The summed E-state index contributed by atoms with van der Waals surface area (Å²) in [7, 11) is -0.945. The molecule has 9 nitrogen and oxygen atoms in total. The van der Waals surface area contributed by atoms with Crippen LogP contribution in [0.4, 0.5) is 13.2 Å². The normalized spacial score (nSPS) is 17.4. The molecule has 3 rings (SSSR count). The fourth-order valence-electron chi connectivity index (χ4n) is 2.89. The zero-order chi connectivity index (χ0) is 23.7. The summed E-state index contributed by atoms with van der Waals surface area (Å²) in [6.45, 7) is 8.48. The maximum atomic E-state index is 13.7. The molecule has 1 aromatic heterocycles. The van der Waals surface area contributed by atoms with Gasteiger partial charge in [-0.3, -0.25) is 0 Å². The van der Waals surface area contributed by atoms with Gasteiger partial charge in [0.2, 0.25) is 5.82 Å². The molecule has 1 saturated heterocycles. The van der Waals surface area contributed by atoms with Crippen molar-refractivity contribution in [1.82, 2.24) is 20.2 Å². The summed E-state index contributed by atoms with van der Waals surface area (Å²) < 4.78 is 62.9. The molecule has 0 unspecified atom stereocenters. The summed E-state index contributed by atoms with van der Waals surface area (Å²) in [4.78, 5) is 12.4. The Morgan fingerprint density at radius 1 is 1.19 bits per heavy atom. The predicted molar refractivity (Wildman–Crippen MR) is 106 cm³/mol. The third-order valence-electron chi connectivity index (χ3n) is 5.26. The smallest absolute Gasteiger partial charge is 0.485 e. The van der Waals surface area contributed by atoms with Gasteiger partial charge in [0.1, 0.15) is 5.75 Å². The highest BCUT2D eigenvalue weighted by molar-refractivity contribution is 6.62. The quantitative estimate of drug-likeness (QED) is 0.462. The Kier molecular flexibility index (Phi) is 6.52. The summed E-state index contributed by atoms with van der Waals surface area (Å²) in [6, 6.07) is 3.60. The first-order valence-corrected chi connectivity index (χ1v) is 9.94. The molecule has 1 fully saturated rings. The number of alkyl halides is 3. The van der Waals surface area contributed by atoms with Gasteiger partial charge in [0, 0.05) is 0 Å². The van der Waals surface area contributed by atoms with Gasteiger partial charge in [-0.15, -0.1) is 10.2 Å². The zero-order valence-corrected chi connectivity index (χ0v) is 18.4. The number of carbonyl (C=O) groups excluding carboxylic acids is 1. The first kappa shape index (κ1) is 24.0. The largest absolute Gasteiger partial charge is 0.494 e. The van der Waals surface area contributed by atoms with Crippen molar-refractivity contribution in [1.29, 1.82) is 0 Å². The number of halogens is 3. The molecule has 2 aromatic rings. The van der Waals surface area contributed by atoms with Crippen LogP contribution in [0.2, 0.25) is 0 Å². The minimum absolute atomic E-state index is 0.0115. The van der Waals surface area contributed by atoms with E-state index in [0.29, 0.717) is 0 Å². The highest BCUT2D eigenvalue weighted by atomic mass is 19.4. The minimum Gasteiger partial charge on any atom is -0.485 e. The SMILES string of the molecule is CCOC(=O)Cn1nnc(COc2ccc(B3OC(C)(C)C(C)(C)O3)cc2C(F)(F)F)n1. The monoisotopic (exact) mass is 456 g/mol. The number of aromatic nitrogens is 4. The maximum Gasteiger partial charge on any atom is 0.494 e. The number of nitrogens with zero attached hydrogens (tertiary/aromatic N) is 4. The molecule has 0 bridgehead atoms. The Morgan fingerprint density at radius 3 is 2.44 bits per heavy atom. The molecular weight excluding hydrogens is 432 g/mol. The van der Waals surface area contributed by atoms with Gasteiger partial charge in [-0.1, -0.05) is 6.07 Å². The zero-order valence-electron chi connectivity index (χ0n) is 18.4. The summed E-state index contributed by atoms with van der Waals surface area (Å²) in [5.41, 5.74) is -2.14. The fourth-order valence-corrected chi connectivity index (χ4v) is 2.89. The van der Waals surface area contributed by atoms with Gasteiger partial charge in [-0.05, 0) is 57.4 Å². The van der Waals surface area contributed by atoms with E-state index in [-0.39, 0.29) is 31.0 Å². The Bertz CT molecular complexity index is 964. The summed E-state index contributed by atoms with van der Waals surface area (Å²) >= 11 is 0. The molecule has 0 atom stereocenters. The fraction of sp³-hybridized carbons (Fsp3) is 0.579. The van der Waals surface area contributed by atoms with Crippen molar-refractivity contribution < 1.29 is 36.7 Å². The molecule has 1 aliphatic heterocycles. The number of ether oxygens (including phenoxy) is 2. The van der Waals surface area contributed by atoms with Crippen LogP contribution >= 0.6 is 0 Å². The third-order valence-corrected chi connectivity index (χ3v) is 5.26. The van der Waals surface area contributed by atoms with Crippen LogP contribution in [0.1, 0.15) is 46.0 Å². The molecule has 13 heteroatoms. The van der Waals surface area contributed by atoms with Crippen LogP contribution in [0.5, 0.6) is 5.75 Å². The van der Waals surface area contributed by atoms with Crippen molar-refractivity contribution in [3.63, 3.8) is 0 Å². The molecule has 32 heavy (non-hydrogen) atoms. The van der Waals surface area contributed by atoms with Gasteiger partial charge in [0.15, 0.2) is 13.2 Å². The van der Waals surface area contributed by atoms with Crippen molar-refractivity contribution >= 4 is 18.6 Å². The minimum atomic E-state index is -4.68. The molecule has 1 aromatic carbocycles. The van der Waals surface area contributed by atoms with Gasteiger partial charge in [-0.2, -0.15) is 18.0 Å². The molecule has 0 spiro atoms. The lowest BCUT2D eigenvalue weighted by Gasteiger charge is -2.32. The second kappa shape index (κ2) is 8.70. The van der Waals surface area contributed by atoms with Crippen LogP contribution in [0.25, 0.3) is 0 Å². The highest BCUT2D eigenvalue weighted by Crippen LogP contribution is 2.39. The van der Waals surface area contributed by atoms with E-state index in [9.17, 15) is 18.0 Å². The van der Waals surface area contributed by atoms with Crippen molar-refractivity contribution in [2.24, 2.45) is 0 Å². The average molecular weight is 456 g/mol. The molecule has 1 aliphatic rings. The van der Waals surface area contributed by atoms with Crippen LogP contribution in [0, 0.1) is 0 Å². The van der Waals surface area contributed by atoms with Crippen LogP contribution in [0.3, 0.4) is 0 Å². The van der Waals surface area contributed by atoms with Gasteiger partial charge in [0.05, 0.1) is 23.4 Å². The van der Waals surface area contributed by atoms with E-state index in [1.165, 1.54) is 12.1 Å². The van der Waals surface area contributed by atoms with Crippen LogP contribution in [-0.4, -0.2) is 51.1 Å². The number of benzene rings is 1. The molecule has 0 amide bonds. The number of rotatable bonds is 7. The number of carbonyl (C=O) groups is 1. The number of esters is 1. The first-order valence-electron chi connectivity index (χ1n) is 9.94. The van der Waals surface area contributed by atoms with Crippen molar-refractivity contribution in [2.75, 3.05) is 6.61 Å². The van der Waals surface area contributed by atoms with E-state index < -0.39 is 41.8 Å². The molecule has 0 radical (unpaired) electrons. The van der Waals surface area contributed by atoms with Crippen LogP contribution < -0.4 is 10.2 Å². The van der Waals surface area contributed by atoms with E-state index in [1.807, 2.05) is 27.7 Å². The van der Waals surface area contributed by atoms with Crippen LogP contribution in [-0.2, 0) is 38.2 Å². The van der Waals surface area contributed by atoms with Gasteiger partial charge in [0.25, 0.3) is 0 Å². The Hall–Kier alpha value is -2.67. The number of tetrazole rings is 1. The van der Waals surface area contributed by atoms with Crippen molar-refractivity contribution in [3.8, 4) is 5.75 Å². The van der Waals surface area contributed by atoms with Gasteiger partial charge in [-0.25, -0.2) is 4.79 Å². The number of hydrogen-bond acceptors (Lipinski definition) is 8. The van der Waals surface area contributed by atoms with E-state index >= 15 is 0 Å². The number of hydrogen-bond donors (Lipinski definition) is 0. The average Bonchev–Trinajstić information content (AvgIpc) is 3.20. The Labute approximate surface area is 183 Å². The molecular formula is C19H24BF3N4O5. The highest BCUT2D eigenvalue weighted by Gasteiger charge is 2.52. The lowest BCUT2D eigenvalue weighted by molar-refractivity contribution is -0.144. The molecule has 0 saturated carbocycles. The Balaban J connectivity index is 1.75. The summed E-state index contributed by atoms with van der Waals surface area (Å²) in [5.74, 6) is -0.952. The predicted octanol–water partition coefficient (Wildman–Crippen LogP) is 2.13. The summed E-state index contributed by atoms with van der Waals surface area (Å²) in [6.07, 6.45) is -4.68. The van der Waals surface area contributed by atoms with Crippen molar-refractivity contribution in [3.05, 3.63) is 29.6 Å². The first-order chi connectivity index (χ1) is 14.8. The molecule has 2 heterocycles. The molecule has 174 valence electrons. The van der Waals surface area contributed by atoms with Crippen molar-refractivity contribution in [2.45, 2.75) is 65.1 Å². The lowest BCUT2D eigenvalue weighted by atomic mass is 9.78. The van der Waals surface area contributed by atoms with Gasteiger partial charge < -0.3 is 18.8 Å². The second-order valence-electron chi connectivity index (χ2n) is 8.17. The lowest BCUT2D eigenvalue weighted by Crippen LogP contribution is -2.41.